The fraction of sp³-hybridized carbons (Fsp3) is 0. The number of hydrogen-bond donors (Lipinski definition) is 5. The minimum atomic E-state index is -3.51. The van der Waals surface area contributed by atoms with Gasteiger partial charge in [0, 0.05) is 5.39 Å². The Morgan fingerprint density at radius 2 is 1.76 bits per heavy atom. The Morgan fingerprint density at radius 1 is 1.08 bits per heavy atom. The first-order chi connectivity index (χ1) is 11.9. The second kappa shape index (κ2) is 5.24. The first kappa shape index (κ1) is 15.5. The van der Waals surface area contributed by atoms with Crippen LogP contribution in [0.1, 0.15) is 5.56 Å². The number of hydrogen-bond acceptors (Lipinski definition) is 7. The van der Waals surface area contributed by atoms with Gasteiger partial charge in [-0.25, -0.2) is 4.68 Å². The maximum Gasteiger partial charge on any atom is 0.284 e. The second-order valence-corrected chi connectivity index (χ2v) is 7.16. The number of pyridine rings is 1. The Bertz CT molecular complexity index is 1110. The molecule has 4 rings (SSSR count). The van der Waals surface area contributed by atoms with Crippen molar-refractivity contribution >= 4 is 33.2 Å². The van der Waals surface area contributed by atoms with Crippen LogP contribution in [0.2, 0.25) is 0 Å². The summed E-state index contributed by atoms with van der Waals surface area (Å²) in [6, 6.07) is 13.1. The molecule has 0 amide bonds. The zero-order valence-corrected chi connectivity index (χ0v) is 13.6. The van der Waals surface area contributed by atoms with Crippen molar-refractivity contribution in [3.8, 4) is 5.75 Å². The van der Waals surface area contributed by atoms with Gasteiger partial charge in [0.15, 0.2) is 5.84 Å². The number of anilines is 1. The number of nitrogens with zero attached hydrogens (tertiary/aromatic N) is 2. The summed E-state index contributed by atoms with van der Waals surface area (Å²) < 4.78 is 25.4. The van der Waals surface area contributed by atoms with Crippen LogP contribution in [0.3, 0.4) is 0 Å². The molecule has 9 heteroatoms. The molecule has 0 spiro atoms. The third kappa shape index (κ3) is 2.25. The smallest absolute Gasteiger partial charge is 0.284 e. The summed E-state index contributed by atoms with van der Waals surface area (Å²) in [5.41, 5.74) is -0.201. The molecule has 128 valence electrons. The van der Waals surface area contributed by atoms with Crippen molar-refractivity contribution in [3.05, 3.63) is 64.4 Å². The van der Waals surface area contributed by atoms with E-state index in [1.807, 2.05) is 0 Å². The number of benzene rings is 2. The summed E-state index contributed by atoms with van der Waals surface area (Å²) in [4.78, 5) is 12.8. The molecule has 8 nitrogen and oxygen atoms in total. The summed E-state index contributed by atoms with van der Waals surface area (Å²) in [5, 5.41) is 13.8. The highest BCUT2D eigenvalue weighted by atomic mass is 32.3. The van der Waals surface area contributed by atoms with E-state index in [1.54, 1.807) is 42.5 Å². The van der Waals surface area contributed by atoms with Crippen LogP contribution in [-0.4, -0.2) is 24.7 Å². The number of fused-ring (bicyclic) bond motifs is 2. The molecule has 0 fully saturated rings. The van der Waals surface area contributed by atoms with Gasteiger partial charge in [0.05, 0.1) is 11.2 Å². The molecule has 0 aliphatic carbocycles. The minimum Gasteiger partial charge on any atom is -0.506 e. The average Bonchev–Trinajstić information content (AvgIpc) is 2.59. The van der Waals surface area contributed by atoms with Crippen LogP contribution in [0.5, 0.6) is 5.75 Å². The van der Waals surface area contributed by atoms with E-state index in [0.29, 0.717) is 16.6 Å². The number of nitrogen functional groups attached to an aromatic ring is 1. The number of aromatic hydroxyl groups is 1. The number of amidine groups is 1. The zero-order chi connectivity index (χ0) is 17.8. The first-order valence-corrected chi connectivity index (χ1v) is 8.77. The van der Waals surface area contributed by atoms with Crippen LogP contribution in [0.4, 0.5) is 5.69 Å². The highest BCUT2D eigenvalue weighted by Gasteiger charge is 2.29. The van der Waals surface area contributed by atoms with Crippen molar-refractivity contribution in [1.82, 2.24) is 4.68 Å². The van der Waals surface area contributed by atoms with Gasteiger partial charge in [0.1, 0.15) is 16.2 Å². The summed E-state index contributed by atoms with van der Waals surface area (Å²) in [6.07, 6.45) is 0. The van der Waals surface area contributed by atoms with E-state index in [4.69, 9.17) is 5.84 Å². The van der Waals surface area contributed by atoms with Gasteiger partial charge in [0.2, 0.25) is 0 Å². The van der Waals surface area contributed by atoms with Gasteiger partial charge in [-0.15, -0.1) is 4.40 Å². The van der Waals surface area contributed by atoms with Crippen LogP contribution in [-0.2, 0) is 0 Å². The Kier molecular flexibility index (Phi) is 3.25. The molecule has 0 unspecified atom stereocenters. The lowest BCUT2D eigenvalue weighted by atomic mass is 10.1. The molecule has 1 aromatic heterocycles. The minimum absolute atomic E-state index is 0.147. The largest absolute Gasteiger partial charge is 0.506 e. The number of aromatic nitrogens is 1. The van der Waals surface area contributed by atoms with Crippen LogP contribution in [0.25, 0.3) is 10.9 Å². The first-order valence-electron chi connectivity index (χ1n) is 7.26. The summed E-state index contributed by atoms with van der Waals surface area (Å²) in [5.74, 6) is 5.37. The van der Waals surface area contributed by atoms with E-state index < -0.39 is 16.3 Å². The summed E-state index contributed by atoms with van der Waals surface area (Å²) in [6.45, 7) is 0. The molecular weight excluding hydrogens is 344 g/mol. The van der Waals surface area contributed by atoms with E-state index in [9.17, 15) is 19.0 Å². The van der Waals surface area contributed by atoms with Gasteiger partial charge >= 0.3 is 0 Å². The van der Waals surface area contributed by atoms with Gasteiger partial charge in [-0.2, -0.15) is 0 Å². The normalized spacial score (nSPS) is 16.6. The van der Waals surface area contributed by atoms with Crippen LogP contribution in [0, 0.1) is 0 Å². The van der Waals surface area contributed by atoms with Crippen LogP contribution >= 0.6 is 10.8 Å². The van der Waals surface area contributed by atoms with E-state index >= 15 is 0 Å². The number of nitrogens with two attached hydrogens (primary N) is 1. The molecule has 0 saturated heterocycles. The molecule has 2 aromatic carbocycles. The van der Waals surface area contributed by atoms with Crippen molar-refractivity contribution in [1.29, 1.82) is 0 Å². The summed E-state index contributed by atoms with van der Waals surface area (Å²) >= 11 is 0. The van der Waals surface area contributed by atoms with E-state index in [0.717, 1.165) is 4.68 Å². The fourth-order valence-corrected chi connectivity index (χ4v) is 3.97. The lowest BCUT2D eigenvalue weighted by Crippen LogP contribution is -2.35. The Balaban J connectivity index is 2.01. The molecule has 2 heterocycles. The third-order valence-corrected chi connectivity index (χ3v) is 5.36. The highest BCUT2D eigenvalue weighted by Crippen LogP contribution is 2.55. The lowest BCUT2D eigenvalue weighted by molar-refractivity contribution is 0.478. The third-order valence-electron chi connectivity index (χ3n) is 3.98. The quantitative estimate of drug-likeness (QED) is 0.424. The molecule has 0 saturated carbocycles. The van der Waals surface area contributed by atoms with Crippen molar-refractivity contribution in [2.24, 2.45) is 4.40 Å². The molecule has 25 heavy (non-hydrogen) atoms. The lowest BCUT2D eigenvalue weighted by Gasteiger charge is -2.34. The SMILES string of the molecule is Nn1c(=O)c(C2=NS(O)(O)c3ccccc3N2)c(O)c2ccccc21. The van der Waals surface area contributed by atoms with Gasteiger partial charge < -0.3 is 16.3 Å². The van der Waals surface area contributed by atoms with Crippen molar-refractivity contribution in [3.63, 3.8) is 0 Å². The van der Waals surface area contributed by atoms with E-state index in [1.165, 1.54) is 6.07 Å². The van der Waals surface area contributed by atoms with Crippen LogP contribution < -0.4 is 16.7 Å². The summed E-state index contributed by atoms with van der Waals surface area (Å²) in [7, 11) is -3.51. The van der Waals surface area contributed by atoms with E-state index in [2.05, 4.69) is 9.71 Å². The van der Waals surface area contributed by atoms with Gasteiger partial charge in [-0.05, 0) is 24.3 Å². The van der Waals surface area contributed by atoms with Crippen molar-refractivity contribution < 1.29 is 14.2 Å². The Morgan fingerprint density at radius 3 is 2.56 bits per heavy atom. The molecule has 0 bridgehead atoms. The average molecular weight is 358 g/mol. The van der Waals surface area contributed by atoms with Crippen molar-refractivity contribution in [2.75, 3.05) is 11.2 Å². The molecule has 1 aliphatic rings. The topological polar surface area (TPSA) is 133 Å². The van der Waals surface area contributed by atoms with Gasteiger partial charge in [0.25, 0.3) is 5.56 Å². The molecular formula is C16H14N4O4S. The molecule has 1 aliphatic heterocycles. The highest BCUT2D eigenvalue weighted by molar-refractivity contribution is 8.23. The maximum absolute atomic E-state index is 12.6. The fourth-order valence-electron chi connectivity index (χ4n) is 2.81. The zero-order valence-electron chi connectivity index (χ0n) is 12.7. The number of rotatable bonds is 1. The van der Waals surface area contributed by atoms with Crippen molar-refractivity contribution in [2.45, 2.75) is 4.90 Å². The Labute approximate surface area is 143 Å². The predicted molar refractivity (Wildman–Crippen MR) is 97.7 cm³/mol. The van der Waals surface area contributed by atoms with Gasteiger partial charge in [-0.1, -0.05) is 35.0 Å². The number of nitrogens with one attached hydrogen (secondary N) is 1. The van der Waals surface area contributed by atoms with E-state index in [-0.39, 0.29) is 22.0 Å². The number of para-hydroxylation sites is 2. The molecule has 0 atom stereocenters. The Hall–Kier alpha value is -3.01. The van der Waals surface area contributed by atoms with Gasteiger partial charge in [-0.3, -0.25) is 13.9 Å². The van der Waals surface area contributed by atoms with Crippen LogP contribution in [0.15, 0.2) is 62.6 Å². The molecule has 0 radical (unpaired) electrons. The molecule has 3 aromatic rings. The standard InChI is InChI=1S/C16H14N4O4S/c17-20-11-7-3-1-5-9(11)14(21)13(16(20)22)15-18-10-6-2-4-8-12(10)25(23,24)19-15/h1-8,21,23-24H,17H2,(H,18,19). The monoisotopic (exact) mass is 358 g/mol. The second-order valence-electron chi connectivity index (χ2n) is 5.50. The molecule has 6 N–H and O–H groups in total. The predicted octanol–water partition coefficient (Wildman–Crippen LogP) is 2.32. The maximum atomic E-state index is 12.6.